The molecule has 0 saturated carbocycles. The highest BCUT2D eigenvalue weighted by molar-refractivity contribution is 7.99. The normalized spacial score (nSPS) is 17.6. The molecular weight excluding hydrogens is 284 g/mol. The number of amides is 1. The molecule has 1 aromatic rings. The molecule has 1 aliphatic rings. The van der Waals surface area contributed by atoms with Crippen LogP contribution in [0, 0.1) is 0 Å². The van der Waals surface area contributed by atoms with E-state index in [2.05, 4.69) is 27.1 Å². The maximum absolute atomic E-state index is 11.7. The summed E-state index contributed by atoms with van der Waals surface area (Å²) < 4.78 is 0. The highest BCUT2D eigenvalue weighted by Gasteiger charge is 2.15. The lowest BCUT2D eigenvalue weighted by molar-refractivity contribution is -0.120. The van der Waals surface area contributed by atoms with Crippen molar-refractivity contribution in [3.63, 3.8) is 0 Å². The van der Waals surface area contributed by atoms with E-state index in [9.17, 15) is 4.79 Å². The van der Waals surface area contributed by atoms with Crippen molar-refractivity contribution in [2.45, 2.75) is 18.7 Å². The molecule has 0 unspecified atom stereocenters. The second-order valence-electron chi connectivity index (χ2n) is 5.41. The zero-order valence-electron chi connectivity index (χ0n) is 13.0. The molecule has 1 fully saturated rings. The number of nitrogens with one attached hydrogen (secondary N) is 1. The van der Waals surface area contributed by atoms with Crippen LogP contribution in [0.2, 0.25) is 0 Å². The zero-order chi connectivity index (χ0) is 15.2. The maximum Gasteiger partial charge on any atom is 0.233 e. The third-order valence-electron chi connectivity index (χ3n) is 3.83. The number of rotatable bonds is 5. The van der Waals surface area contributed by atoms with Gasteiger partial charge >= 0.3 is 0 Å². The minimum Gasteiger partial charge on any atom is -0.354 e. The van der Waals surface area contributed by atoms with Gasteiger partial charge in [-0.15, -0.1) is 0 Å². The molecule has 6 heteroatoms. The van der Waals surface area contributed by atoms with Gasteiger partial charge in [0.15, 0.2) is 0 Å². The van der Waals surface area contributed by atoms with Gasteiger partial charge in [0.2, 0.25) is 5.91 Å². The number of thioether (sulfide) groups is 1. The van der Waals surface area contributed by atoms with Gasteiger partial charge < -0.3 is 15.1 Å². The maximum atomic E-state index is 11.7. The van der Waals surface area contributed by atoms with Crippen molar-refractivity contribution < 1.29 is 4.79 Å². The van der Waals surface area contributed by atoms with E-state index in [0.717, 1.165) is 37.6 Å². The van der Waals surface area contributed by atoms with Crippen LogP contribution < -0.4 is 10.2 Å². The van der Waals surface area contributed by atoms with Crippen molar-refractivity contribution in [1.29, 1.82) is 0 Å². The Hall–Kier alpha value is -1.27. The van der Waals surface area contributed by atoms with Crippen molar-refractivity contribution in [3.05, 3.63) is 23.9 Å². The van der Waals surface area contributed by atoms with E-state index in [0.29, 0.717) is 6.54 Å². The highest BCUT2D eigenvalue weighted by Crippen LogP contribution is 2.13. The fraction of sp³-hybridized carbons (Fsp3) is 0.600. The van der Waals surface area contributed by atoms with Gasteiger partial charge in [-0.2, -0.15) is 11.8 Å². The van der Waals surface area contributed by atoms with Gasteiger partial charge in [0.25, 0.3) is 0 Å². The van der Waals surface area contributed by atoms with Crippen LogP contribution in [-0.4, -0.2) is 60.5 Å². The smallest absolute Gasteiger partial charge is 0.233 e. The summed E-state index contributed by atoms with van der Waals surface area (Å²) in [5.74, 6) is 1.10. The minimum atomic E-state index is -0.0115. The van der Waals surface area contributed by atoms with Crippen molar-refractivity contribution in [2.24, 2.45) is 0 Å². The molecule has 116 valence electrons. The van der Waals surface area contributed by atoms with E-state index in [1.807, 2.05) is 31.5 Å². The Morgan fingerprint density at radius 1 is 1.38 bits per heavy atom. The largest absolute Gasteiger partial charge is 0.354 e. The van der Waals surface area contributed by atoms with E-state index < -0.39 is 0 Å². The first-order chi connectivity index (χ1) is 10.1. The SMILES string of the molecule is CS[C@H](C)C(=O)NCc1ccc(N2CCN(C)CC2)nc1. The summed E-state index contributed by atoms with van der Waals surface area (Å²) in [6, 6.07) is 4.09. The standard InChI is InChI=1S/C15H24N4OS/c1-12(21-3)15(20)17-11-13-4-5-14(16-10-13)19-8-6-18(2)7-9-19/h4-5,10,12H,6-9,11H2,1-3H3,(H,17,20)/t12-/m1/s1. The first-order valence-electron chi connectivity index (χ1n) is 7.29. The minimum absolute atomic E-state index is 0.0115. The summed E-state index contributed by atoms with van der Waals surface area (Å²) in [6.45, 7) is 6.64. The Kier molecular flexibility index (Phi) is 5.87. The van der Waals surface area contributed by atoms with Crippen LogP contribution in [0.4, 0.5) is 5.82 Å². The van der Waals surface area contributed by atoms with Crippen molar-refractivity contribution in [1.82, 2.24) is 15.2 Å². The second kappa shape index (κ2) is 7.66. The third kappa shape index (κ3) is 4.61. The summed E-state index contributed by atoms with van der Waals surface area (Å²) in [6.07, 6.45) is 3.80. The van der Waals surface area contributed by atoms with E-state index >= 15 is 0 Å². The van der Waals surface area contributed by atoms with Crippen molar-refractivity contribution in [3.8, 4) is 0 Å². The van der Waals surface area contributed by atoms with Crippen molar-refractivity contribution >= 4 is 23.5 Å². The van der Waals surface area contributed by atoms with Gasteiger partial charge in [-0.25, -0.2) is 4.98 Å². The topological polar surface area (TPSA) is 48.5 Å². The molecule has 0 aromatic carbocycles. The summed E-state index contributed by atoms with van der Waals surface area (Å²) in [5, 5.41) is 2.92. The summed E-state index contributed by atoms with van der Waals surface area (Å²) in [5.41, 5.74) is 1.04. The third-order valence-corrected chi connectivity index (χ3v) is 4.75. The van der Waals surface area contributed by atoms with Gasteiger partial charge in [0.05, 0.1) is 5.25 Å². The lowest BCUT2D eigenvalue weighted by Crippen LogP contribution is -2.44. The molecule has 0 radical (unpaired) electrons. The zero-order valence-corrected chi connectivity index (χ0v) is 13.8. The molecule has 21 heavy (non-hydrogen) atoms. The number of carbonyl (C=O) groups excluding carboxylic acids is 1. The van der Waals surface area contributed by atoms with E-state index in [1.165, 1.54) is 0 Å². The number of piperazine rings is 1. The molecule has 1 aliphatic heterocycles. The Bertz CT molecular complexity index is 457. The van der Waals surface area contributed by atoms with Crippen LogP contribution in [0.5, 0.6) is 0 Å². The molecule has 0 aliphatic carbocycles. The Morgan fingerprint density at radius 2 is 2.10 bits per heavy atom. The van der Waals surface area contributed by atoms with Crippen LogP contribution in [0.15, 0.2) is 18.3 Å². The molecule has 1 aromatic heterocycles. The number of nitrogens with zero attached hydrogens (tertiary/aromatic N) is 3. The van der Waals surface area contributed by atoms with E-state index in [-0.39, 0.29) is 11.2 Å². The van der Waals surface area contributed by atoms with Gasteiger partial charge in [-0.1, -0.05) is 6.07 Å². The summed E-state index contributed by atoms with van der Waals surface area (Å²) >= 11 is 1.55. The lowest BCUT2D eigenvalue weighted by Gasteiger charge is -2.33. The average Bonchev–Trinajstić information content (AvgIpc) is 2.53. The lowest BCUT2D eigenvalue weighted by atomic mass is 10.2. The van der Waals surface area contributed by atoms with Crippen LogP contribution in [0.25, 0.3) is 0 Å². The average molecular weight is 308 g/mol. The Labute approximate surface area is 131 Å². The predicted molar refractivity (Wildman–Crippen MR) is 88.8 cm³/mol. The van der Waals surface area contributed by atoms with Crippen LogP contribution >= 0.6 is 11.8 Å². The number of anilines is 1. The number of likely N-dealkylation sites (N-methyl/N-ethyl adjacent to an activating group) is 1. The van der Waals surface area contributed by atoms with Crippen LogP contribution in [0.3, 0.4) is 0 Å². The number of carbonyl (C=O) groups is 1. The van der Waals surface area contributed by atoms with Crippen LogP contribution in [-0.2, 0) is 11.3 Å². The molecule has 1 saturated heterocycles. The molecule has 2 heterocycles. The molecule has 5 nitrogen and oxygen atoms in total. The van der Waals surface area contributed by atoms with Gasteiger partial charge in [-0.05, 0) is 31.9 Å². The first-order valence-corrected chi connectivity index (χ1v) is 8.58. The molecule has 2 rings (SSSR count). The predicted octanol–water partition coefficient (Wildman–Crippen LogP) is 1.20. The number of hydrogen-bond donors (Lipinski definition) is 1. The molecular formula is C15H24N4OS. The molecule has 1 amide bonds. The fourth-order valence-electron chi connectivity index (χ4n) is 2.18. The van der Waals surface area contributed by atoms with Crippen molar-refractivity contribution in [2.75, 3.05) is 44.4 Å². The molecule has 0 bridgehead atoms. The molecule has 1 atom stereocenters. The first kappa shape index (κ1) is 16.1. The summed E-state index contributed by atoms with van der Waals surface area (Å²) in [7, 11) is 2.14. The Balaban J connectivity index is 1.86. The van der Waals surface area contributed by atoms with Gasteiger partial charge in [0, 0.05) is 38.9 Å². The van der Waals surface area contributed by atoms with Crippen LogP contribution in [0.1, 0.15) is 12.5 Å². The van der Waals surface area contributed by atoms with Gasteiger partial charge in [-0.3, -0.25) is 4.79 Å². The monoisotopic (exact) mass is 308 g/mol. The summed E-state index contributed by atoms with van der Waals surface area (Å²) in [4.78, 5) is 20.9. The molecule has 1 N–H and O–H groups in total. The number of pyridine rings is 1. The Morgan fingerprint density at radius 3 is 2.67 bits per heavy atom. The van der Waals surface area contributed by atoms with E-state index in [1.54, 1.807) is 11.8 Å². The molecule has 0 spiro atoms. The van der Waals surface area contributed by atoms with Gasteiger partial charge in [0.1, 0.15) is 5.82 Å². The fourth-order valence-corrected chi connectivity index (χ4v) is 2.48. The number of aromatic nitrogens is 1. The van der Waals surface area contributed by atoms with E-state index in [4.69, 9.17) is 0 Å². The highest BCUT2D eigenvalue weighted by atomic mass is 32.2. The quantitative estimate of drug-likeness (QED) is 0.886. The second-order valence-corrected chi connectivity index (χ2v) is 6.59. The number of hydrogen-bond acceptors (Lipinski definition) is 5.